The highest BCUT2D eigenvalue weighted by atomic mass is 35.5. The molecule has 4 heteroatoms. The fraction of sp³-hybridized carbons (Fsp3) is 1.00. The molecule has 0 spiro atoms. The van der Waals surface area contributed by atoms with Crippen LogP contribution in [0.25, 0.3) is 0 Å². The van der Waals surface area contributed by atoms with Crippen molar-refractivity contribution in [2.24, 2.45) is 0 Å². The predicted molar refractivity (Wildman–Crippen MR) is 73.7 cm³/mol. The Bertz CT molecular complexity index is 222. The Balaban J connectivity index is 4.41. The molecule has 0 radical (unpaired) electrons. The van der Waals surface area contributed by atoms with Gasteiger partial charge in [-0.2, -0.15) is 0 Å². The zero-order valence-electron chi connectivity index (χ0n) is 11.7. The molecule has 0 aliphatic carbocycles. The van der Waals surface area contributed by atoms with Gasteiger partial charge in [-0.25, -0.2) is 0 Å². The van der Waals surface area contributed by atoms with Gasteiger partial charge < -0.3 is 9.53 Å². The van der Waals surface area contributed by atoms with E-state index in [0.717, 1.165) is 0 Å². The van der Waals surface area contributed by atoms with Crippen LogP contribution in [-0.4, -0.2) is 31.0 Å². The molecule has 0 bridgehead atoms. The molecular formula is C12H27ClO2Si. The number of aliphatic hydroxyl groups is 1. The van der Waals surface area contributed by atoms with Gasteiger partial charge in [0.05, 0.1) is 11.5 Å². The van der Waals surface area contributed by atoms with Crippen LogP contribution in [0.1, 0.15) is 41.0 Å². The molecule has 98 valence electrons. The molecule has 0 aromatic rings. The summed E-state index contributed by atoms with van der Waals surface area (Å²) in [5.41, 5.74) is -0.830. The van der Waals surface area contributed by atoms with Crippen molar-refractivity contribution in [3.8, 4) is 0 Å². The largest absolute Gasteiger partial charge is 0.414 e. The third kappa shape index (κ3) is 5.17. The van der Waals surface area contributed by atoms with Crippen molar-refractivity contribution in [1.82, 2.24) is 0 Å². The normalized spacial score (nSPS) is 19.3. The highest BCUT2D eigenvalue weighted by Crippen LogP contribution is 2.38. The predicted octanol–water partition coefficient (Wildman–Crippen LogP) is 3.78. The first-order valence-corrected chi connectivity index (χ1v) is 9.32. The van der Waals surface area contributed by atoms with E-state index in [2.05, 4.69) is 33.9 Å². The average molecular weight is 267 g/mol. The lowest BCUT2D eigenvalue weighted by atomic mass is 10.0. The third-order valence-corrected chi connectivity index (χ3v) is 8.50. The number of hydrogen-bond acceptors (Lipinski definition) is 2. The van der Waals surface area contributed by atoms with E-state index in [1.165, 1.54) is 0 Å². The van der Waals surface area contributed by atoms with E-state index in [0.29, 0.717) is 6.42 Å². The SMILES string of the molecule is C[C@@H](C[C@@](C)(O)CCl)O[Si](C)(C)C(C)(C)C. The quantitative estimate of drug-likeness (QED) is 0.606. The first-order valence-electron chi connectivity index (χ1n) is 5.87. The highest BCUT2D eigenvalue weighted by molar-refractivity contribution is 6.74. The van der Waals surface area contributed by atoms with E-state index in [9.17, 15) is 5.11 Å². The summed E-state index contributed by atoms with van der Waals surface area (Å²) >= 11 is 5.70. The van der Waals surface area contributed by atoms with Crippen molar-refractivity contribution in [3.05, 3.63) is 0 Å². The van der Waals surface area contributed by atoms with Crippen LogP contribution in [0.3, 0.4) is 0 Å². The van der Waals surface area contributed by atoms with Crippen LogP contribution in [0.5, 0.6) is 0 Å². The Morgan fingerprint density at radius 2 is 1.69 bits per heavy atom. The molecule has 1 N–H and O–H groups in total. The van der Waals surface area contributed by atoms with E-state index < -0.39 is 13.9 Å². The smallest absolute Gasteiger partial charge is 0.192 e. The number of alkyl halides is 1. The van der Waals surface area contributed by atoms with Crippen LogP contribution in [-0.2, 0) is 4.43 Å². The van der Waals surface area contributed by atoms with Crippen LogP contribution in [0, 0.1) is 0 Å². The van der Waals surface area contributed by atoms with Gasteiger partial charge in [0.2, 0.25) is 0 Å². The summed E-state index contributed by atoms with van der Waals surface area (Å²) < 4.78 is 6.16. The second-order valence-corrected chi connectivity index (χ2v) is 11.5. The van der Waals surface area contributed by atoms with Crippen LogP contribution in [0.15, 0.2) is 0 Å². The van der Waals surface area contributed by atoms with Gasteiger partial charge in [-0.15, -0.1) is 11.6 Å². The molecule has 0 aliphatic rings. The Kier molecular flexibility index (Phi) is 5.52. The molecule has 0 saturated carbocycles. The Morgan fingerprint density at radius 3 is 2.00 bits per heavy atom. The van der Waals surface area contributed by atoms with Gasteiger partial charge in [0, 0.05) is 12.5 Å². The van der Waals surface area contributed by atoms with Crippen molar-refractivity contribution in [2.75, 3.05) is 5.88 Å². The Hall–Kier alpha value is 0.427. The van der Waals surface area contributed by atoms with Gasteiger partial charge in [0.15, 0.2) is 8.32 Å². The average Bonchev–Trinajstić information content (AvgIpc) is 1.99. The maximum absolute atomic E-state index is 9.90. The van der Waals surface area contributed by atoms with Crippen molar-refractivity contribution in [3.63, 3.8) is 0 Å². The molecule has 0 aromatic heterocycles. The number of rotatable bonds is 5. The van der Waals surface area contributed by atoms with Gasteiger partial charge in [-0.1, -0.05) is 20.8 Å². The van der Waals surface area contributed by atoms with E-state index in [1.54, 1.807) is 6.92 Å². The fourth-order valence-corrected chi connectivity index (χ4v) is 2.95. The first-order chi connectivity index (χ1) is 6.91. The van der Waals surface area contributed by atoms with Crippen LogP contribution in [0.4, 0.5) is 0 Å². The minimum absolute atomic E-state index is 0.0506. The third-order valence-electron chi connectivity index (χ3n) is 3.32. The minimum Gasteiger partial charge on any atom is -0.414 e. The number of halogens is 1. The van der Waals surface area contributed by atoms with E-state index in [1.807, 2.05) is 6.92 Å². The molecule has 16 heavy (non-hydrogen) atoms. The highest BCUT2D eigenvalue weighted by Gasteiger charge is 2.39. The maximum atomic E-state index is 9.90. The standard InChI is InChI=1S/C12H27ClO2Si/c1-10(8-12(5,14)9-13)15-16(6,7)11(2,3)4/h10,14H,8-9H2,1-7H3/t10-,12+/m0/s1. The summed E-state index contributed by atoms with van der Waals surface area (Å²) in [4.78, 5) is 0. The lowest BCUT2D eigenvalue weighted by molar-refractivity contribution is 0.0313. The molecule has 2 atom stereocenters. The Morgan fingerprint density at radius 1 is 1.25 bits per heavy atom. The van der Waals surface area contributed by atoms with Gasteiger partial charge in [0.1, 0.15) is 0 Å². The monoisotopic (exact) mass is 266 g/mol. The zero-order valence-corrected chi connectivity index (χ0v) is 13.5. The number of hydrogen-bond donors (Lipinski definition) is 1. The summed E-state index contributed by atoms with van der Waals surface area (Å²) in [5.74, 6) is 0.248. The zero-order chi connectivity index (χ0) is 13.2. The summed E-state index contributed by atoms with van der Waals surface area (Å²) in [5, 5.41) is 10.1. The molecule has 0 saturated heterocycles. The molecule has 0 heterocycles. The summed E-state index contributed by atoms with van der Waals surface area (Å²) in [7, 11) is -1.73. The van der Waals surface area contributed by atoms with Crippen molar-refractivity contribution >= 4 is 19.9 Å². The summed E-state index contributed by atoms with van der Waals surface area (Å²) in [6.45, 7) is 14.9. The summed E-state index contributed by atoms with van der Waals surface area (Å²) in [6.07, 6.45) is 0.637. The second-order valence-electron chi connectivity index (χ2n) is 6.52. The van der Waals surface area contributed by atoms with Gasteiger partial charge in [-0.3, -0.25) is 0 Å². The lowest BCUT2D eigenvalue weighted by Gasteiger charge is -2.39. The first kappa shape index (κ1) is 16.4. The molecular weight excluding hydrogens is 240 g/mol. The fourth-order valence-electron chi connectivity index (χ4n) is 1.40. The summed E-state index contributed by atoms with van der Waals surface area (Å²) in [6, 6.07) is 0. The molecule has 0 amide bonds. The lowest BCUT2D eigenvalue weighted by Crippen LogP contribution is -2.45. The second kappa shape index (κ2) is 5.38. The van der Waals surface area contributed by atoms with Crippen molar-refractivity contribution in [1.29, 1.82) is 0 Å². The Labute approximate surface area is 106 Å². The van der Waals surface area contributed by atoms with Crippen molar-refractivity contribution in [2.45, 2.75) is 70.9 Å². The van der Waals surface area contributed by atoms with Crippen LogP contribution < -0.4 is 0 Å². The van der Waals surface area contributed by atoms with Gasteiger partial charge in [0.25, 0.3) is 0 Å². The molecule has 2 nitrogen and oxygen atoms in total. The maximum Gasteiger partial charge on any atom is 0.192 e. The molecule has 0 fully saturated rings. The molecule has 0 unspecified atom stereocenters. The van der Waals surface area contributed by atoms with Crippen LogP contribution in [0.2, 0.25) is 18.1 Å². The van der Waals surface area contributed by atoms with E-state index in [4.69, 9.17) is 16.0 Å². The van der Waals surface area contributed by atoms with E-state index >= 15 is 0 Å². The van der Waals surface area contributed by atoms with Gasteiger partial charge in [-0.05, 0) is 32.0 Å². The van der Waals surface area contributed by atoms with E-state index in [-0.39, 0.29) is 17.0 Å². The molecule has 0 rings (SSSR count). The van der Waals surface area contributed by atoms with Gasteiger partial charge >= 0.3 is 0 Å². The molecule has 0 aromatic carbocycles. The van der Waals surface area contributed by atoms with Crippen LogP contribution >= 0.6 is 11.6 Å². The molecule has 0 aliphatic heterocycles. The topological polar surface area (TPSA) is 29.5 Å². The minimum atomic E-state index is -1.73. The van der Waals surface area contributed by atoms with Crippen molar-refractivity contribution < 1.29 is 9.53 Å².